The first-order chi connectivity index (χ1) is 15.1. The molecule has 1 saturated carbocycles. The minimum Gasteiger partial charge on any atom is -0.489 e. The molecule has 4 atom stereocenters. The van der Waals surface area contributed by atoms with Crippen LogP contribution in [-0.4, -0.2) is 47.9 Å². The van der Waals surface area contributed by atoms with Gasteiger partial charge in [0, 0.05) is 6.54 Å². The van der Waals surface area contributed by atoms with Crippen molar-refractivity contribution in [3.8, 4) is 11.8 Å². The second kappa shape index (κ2) is 9.81. The lowest BCUT2D eigenvalue weighted by molar-refractivity contribution is -0.153. The first-order valence-corrected chi connectivity index (χ1v) is 11.4. The highest BCUT2D eigenvalue weighted by molar-refractivity contribution is 5.82. The Morgan fingerprint density at radius 1 is 1.19 bits per heavy atom. The van der Waals surface area contributed by atoms with Crippen molar-refractivity contribution < 1.29 is 23.8 Å². The maximum absolute atomic E-state index is 12.9. The predicted molar refractivity (Wildman–Crippen MR) is 119 cm³/mol. The van der Waals surface area contributed by atoms with Gasteiger partial charge in [-0.2, -0.15) is 5.26 Å². The van der Waals surface area contributed by atoms with E-state index in [0.717, 1.165) is 24.8 Å². The van der Waals surface area contributed by atoms with E-state index >= 15 is 0 Å². The lowest BCUT2D eigenvalue weighted by atomic mass is 9.72. The molecule has 0 bridgehead atoms. The van der Waals surface area contributed by atoms with Crippen molar-refractivity contribution in [2.24, 2.45) is 11.8 Å². The number of esters is 1. The second-order valence-corrected chi connectivity index (χ2v) is 9.82. The molecule has 1 saturated heterocycles. The smallest absolute Gasteiger partial charge is 0.411 e. The molecule has 7 nitrogen and oxygen atoms in total. The molecule has 1 heterocycles. The predicted octanol–water partition coefficient (Wildman–Crippen LogP) is 4.60. The molecule has 1 amide bonds. The van der Waals surface area contributed by atoms with Crippen LogP contribution < -0.4 is 4.74 Å². The first-order valence-electron chi connectivity index (χ1n) is 11.4. The Kier molecular flexibility index (Phi) is 7.33. The zero-order valence-corrected chi connectivity index (χ0v) is 19.7. The zero-order chi connectivity index (χ0) is 23.5. The molecule has 32 heavy (non-hydrogen) atoms. The summed E-state index contributed by atoms with van der Waals surface area (Å²) >= 11 is 0. The van der Waals surface area contributed by atoms with Crippen molar-refractivity contribution in [1.29, 1.82) is 5.26 Å². The summed E-state index contributed by atoms with van der Waals surface area (Å²) in [6.07, 6.45) is 2.54. The average Bonchev–Trinajstić information content (AvgIpc) is 2.72. The fourth-order valence-corrected chi connectivity index (χ4v) is 4.70. The van der Waals surface area contributed by atoms with E-state index in [-0.39, 0.29) is 30.5 Å². The van der Waals surface area contributed by atoms with Crippen LogP contribution >= 0.6 is 0 Å². The van der Waals surface area contributed by atoms with Gasteiger partial charge in [0.15, 0.2) is 0 Å². The van der Waals surface area contributed by atoms with Gasteiger partial charge in [0.2, 0.25) is 0 Å². The summed E-state index contributed by atoms with van der Waals surface area (Å²) in [4.78, 5) is 27.1. The number of amides is 1. The molecule has 1 aromatic rings. The van der Waals surface area contributed by atoms with Gasteiger partial charge in [0.25, 0.3) is 0 Å². The molecular weight excluding hydrogens is 408 g/mol. The van der Waals surface area contributed by atoms with E-state index in [1.807, 2.05) is 39.8 Å². The van der Waals surface area contributed by atoms with Crippen molar-refractivity contribution in [2.75, 3.05) is 13.2 Å². The molecule has 1 aromatic carbocycles. The van der Waals surface area contributed by atoms with Crippen molar-refractivity contribution in [1.82, 2.24) is 4.90 Å². The molecule has 174 valence electrons. The average molecular weight is 443 g/mol. The van der Waals surface area contributed by atoms with Gasteiger partial charge in [-0.25, -0.2) is 9.59 Å². The number of hydrogen-bond acceptors (Lipinski definition) is 6. The van der Waals surface area contributed by atoms with Crippen molar-refractivity contribution in [3.63, 3.8) is 0 Å². The summed E-state index contributed by atoms with van der Waals surface area (Å²) in [5, 5.41) is 9.40. The summed E-state index contributed by atoms with van der Waals surface area (Å²) in [6.45, 7) is 9.94. The molecule has 0 spiro atoms. The summed E-state index contributed by atoms with van der Waals surface area (Å²) in [5.41, 5.74) is 0.938. The highest BCUT2D eigenvalue weighted by atomic mass is 16.6. The number of benzene rings is 1. The normalized spacial score (nSPS) is 25.3. The number of carbonyl (C=O) groups excluding carboxylic acids is 2. The largest absolute Gasteiger partial charge is 0.489 e. The molecule has 0 unspecified atom stereocenters. The van der Waals surface area contributed by atoms with Crippen LogP contribution in [0.5, 0.6) is 5.75 Å². The van der Waals surface area contributed by atoms with Crippen LogP contribution in [0.25, 0.3) is 0 Å². The van der Waals surface area contributed by atoms with Crippen LogP contribution in [0.1, 0.15) is 64.5 Å². The molecule has 2 fully saturated rings. The highest BCUT2D eigenvalue weighted by Crippen LogP contribution is 2.41. The molecule has 3 rings (SSSR count). The van der Waals surface area contributed by atoms with Crippen molar-refractivity contribution >= 4 is 12.1 Å². The summed E-state index contributed by atoms with van der Waals surface area (Å²) in [6, 6.07) is 7.13. The molecule has 0 aromatic heterocycles. The number of fused-ring (bicyclic) bond motifs is 1. The number of aryl methyl sites for hydroxylation is 1. The zero-order valence-electron chi connectivity index (χ0n) is 19.7. The summed E-state index contributed by atoms with van der Waals surface area (Å²) in [7, 11) is 0. The van der Waals surface area contributed by atoms with Gasteiger partial charge in [-0.05, 0) is 89.8 Å². The third-order valence-electron chi connectivity index (χ3n) is 6.16. The van der Waals surface area contributed by atoms with Crippen LogP contribution in [-0.2, 0) is 14.3 Å². The van der Waals surface area contributed by atoms with E-state index in [2.05, 4.69) is 6.07 Å². The Balaban J connectivity index is 1.74. The maximum atomic E-state index is 12.9. The fraction of sp³-hybridized carbons (Fsp3) is 0.640. The van der Waals surface area contributed by atoms with Gasteiger partial charge in [0.05, 0.1) is 18.3 Å². The van der Waals surface area contributed by atoms with Crippen LogP contribution in [0.4, 0.5) is 4.79 Å². The van der Waals surface area contributed by atoms with Gasteiger partial charge < -0.3 is 14.2 Å². The Hall–Kier alpha value is -2.75. The molecule has 1 aliphatic carbocycles. The van der Waals surface area contributed by atoms with Crippen LogP contribution in [0.15, 0.2) is 18.2 Å². The number of carbonyl (C=O) groups is 2. The lowest BCUT2D eigenvalue weighted by Gasteiger charge is -2.46. The topological polar surface area (TPSA) is 88.9 Å². The molecule has 2 aliphatic rings. The van der Waals surface area contributed by atoms with Gasteiger partial charge in [-0.15, -0.1) is 0 Å². The van der Waals surface area contributed by atoms with Gasteiger partial charge in [-0.3, -0.25) is 4.90 Å². The van der Waals surface area contributed by atoms with E-state index in [0.29, 0.717) is 24.3 Å². The van der Waals surface area contributed by atoms with Gasteiger partial charge in [0.1, 0.15) is 23.5 Å². The third-order valence-corrected chi connectivity index (χ3v) is 6.16. The fourth-order valence-electron chi connectivity index (χ4n) is 4.70. The third kappa shape index (κ3) is 5.73. The van der Waals surface area contributed by atoms with Crippen molar-refractivity contribution in [2.45, 2.75) is 78.0 Å². The van der Waals surface area contributed by atoms with E-state index in [4.69, 9.17) is 14.2 Å². The Morgan fingerprint density at radius 2 is 1.94 bits per heavy atom. The van der Waals surface area contributed by atoms with E-state index < -0.39 is 17.7 Å². The first kappa shape index (κ1) is 23.9. The lowest BCUT2D eigenvalue weighted by Crippen LogP contribution is -2.56. The molecule has 0 radical (unpaired) electrons. The standard InChI is InChI=1S/C25H34N2O5/c1-6-30-23(28)21-13-19-12-20(31-22-11-16(2)7-8-17(22)14-26)10-9-18(19)15-27(21)24(29)32-25(3,4)5/h7-8,11,18-21H,6,9-10,12-13,15H2,1-5H3/t18-,19-,20-,21-/m0/s1. The van der Waals surface area contributed by atoms with Crippen LogP contribution in [0.3, 0.4) is 0 Å². The number of likely N-dealkylation sites (tertiary alicyclic amines) is 1. The Morgan fingerprint density at radius 3 is 2.59 bits per heavy atom. The van der Waals surface area contributed by atoms with E-state index in [1.54, 1.807) is 17.9 Å². The monoisotopic (exact) mass is 442 g/mol. The summed E-state index contributed by atoms with van der Waals surface area (Å²) in [5.74, 6) is 0.743. The van der Waals surface area contributed by atoms with Crippen molar-refractivity contribution in [3.05, 3.63) is 29.3 Å². The number of hydrogen-bond donors (Lipinski definition) is 0. The molecule has 0 N–H and O–H groups in total. The number of ether oxygens (including phenoxy) is 3. The number of piperidine rings is 1. The van der Waals surface area contributed by atoms with Gasteiger partial charge in [-0.1, -0.05) is 6.07 Å². The molecular formula is C25H34N2O5. The second-order valence-electron chi connectivity index (χ2n) is 9.82. The maximum Gasteiger partial charge on any atom is 0.411 e. The van der Waals surface area contributed by atoms with Crippen LogP contribution in [0.2, 0.25) is 0 Å². The Labute approximate surface area is 190 Å². The van der Waals surface area contributed by atoms with Crippen LogP contribution in [0, 0.1) is 30.1 Å². The SMILES string of the molecule is CCOC(=O)[C@@H]1C[C@@H]2C[C@@H](Oc3cc(C)ccc3C#N)CC[C@H]2CN1C(=O)OC(C)(C)C. The number of nitriles is 1. The summed E-state index contributed by atoms with van der Waals surface area (Å²) < 4.78 is 17.1. The minimum absolute atomic E-state index is 0.0268. The van der Waals surface area contributed by atoms with E-state index in [1.165, 1.54) is 0 Å². The molecule has 7 heteroatoms. The minimum atomic E-state index is -0.654. The quantitative estimate of drug-likeness (QED) is 0.633. The number of rotatable bonds is 4. The highest BCUT2D eigenvalue weighted by Gasteiger charge is 2.45. The molecule has 1 aliphatic heterocycles. The van der Waals surface area contributed by atoms with E-state index in [9.17, 15) is 14.9 Å². The Bertz CT molecular complexity index is 885. The number of nitrogens with zero attached hydrogens (tertiary/aromatic N) is 2. The van der Waals surface area contributed by atoms with Gasteiger partial charge >= 0.3 is 12.1 Å².